The molecule has 19 heavy (non-hydrogen) atoms. The van der Waals surface area contributed by atoms with Crippen LogP contribution in [0.2, 0.25) is 0 Å². The van der Waals surface area contributed by atoms with Gasteiger partial charge in [-0.25, -0.2) is 0 Å². The highest BCUT2D eigenvalue weighted by atomic mass is 16.5. The van der Waals surface area contributed by atoms with Gasteiger partial charge in [-0.05, 0) is 23.3 Å². The molecule has 0 saturated carbocycles. The molecule has 2 aromatic rings. The third kappa shape index (κ3) is 4.50. The maximum Gasteiger partial charge on any atom is 0.120 e. The first-order chi connectivity index (χ1) is 9.38. The molecule has 0 aliphatic carbocycles. The van der Waals surface area contributed by atoms with Crippen LogP contribution in [0, 0.1) is 12.3 Å². The van der Waals surface area contributed by atoms with Crippen molar-refractivity contribution in [3.05, 3.63) is 65.7 Å². The van der Waals surface area contributed by atoms with Crippen LogP contribution in [0.3, 0.4) is 0 Å². The molecule has 1 N–H and O–H groups in total. The molecule has 0 aliphatic rings. The van der Waals surface area contributed by atoms with Crippen LogP contribution in [0.1, 0.15) is 11.1 Å². The summed E-state index contributed by atoms with van der Waals surface area (Å²) in [6, 6.07) is 18.2. The average molecular weight is 251 g/mol. The number of hydrogen-bond acceptors (Lipinski definition) is 2. The SMILES string of the molecule is C#CCNCc1cccc(OCc2ccccc2)c1. The Morgan fingerprint density at radius 3 is 2.58 bits per heavy atom. The van der Waals surface area contributed by atoms with Gasteiger partial charge in [0.25, 0.3) is 0 Å². The van der Waals surface area contributed by atoms with Crippen LogP contribution in [0.25, 0.3) is 0 Å². The Morgan fingerprint density at radius 2 is 1.79 bits per heavy atom. The fourth-order valence-corrected chi connectivity index (χ4v) is 1.77. The molecule has 0 spiro atoms. The lowest BCUT2D eigenvalue weighted by Gasteiger charge is -2.08. The largest absolute Gasteiger partial charge is 0.489 e. The summed E-state index contributed by atoms with van der Waals surface area (Å²) >= 11 is 0. The molecule has 0 radical (unpaired) electrons. The summed E-state index contributed by atoms with van der Waals surface area (Å²) in [6.07, 6.45) is 5.20. The normalized spacial score (nSPS) is 9.84. The van der Waals surface area contributed by atoms with E-state index in [0.717, 1.165) is 12.3 Å². The molecular weight excluding hydrogens is 234 g/mol. The maximum atomic E-state index is 5.77. The molecule has 2 rings (SSSR count). The molecule has 0 bridgehead atoms. The predicted molar refractivity (Wildman–Crippen MR) is 77.8 cm³/mol. The van der Waals surface area contributed by atoms with Gasteiger partial charge in [0.2, 0.25) is 0 Å². The lowest BCUT2D eigenvalue weighted by molar-refractivity contribution is 0.306. The van der Waals surface area contributed by atoms with Crippen molar-refractivity contribution >= 4 is 0 Å². The summed E-state index contributed by atoms with van der Waals surface area (Å²) in [7, 11) is 0. The van der Waals surface area contributed by atoms with Gasteiger partial charge < -0.3 is 10.1 Å². The fraction of sp³-hybridized carbons (Fsp3) is 0.176. The molecule has 0 amide bonds. The van der Waals surface area contributed by atoms with Gasteiger partial charge in [-0.2, -0.15) is 0 Å². The minimum Gasteiger partial charge on any atom is -0.489 e. The van der Waals surface area contributed by atoms with E-state index in [4.69, 9.17) is 11.2 Å². The van der Waals surface area contributed by atoms with Crippen molar-refractivity contribution in [3.8, 4) is 18.1 Å². The van der Waals surface area contributed by atoms with Crippen molar-refractivity contribution in [1.29, 1.82) is 0 Å². The van der Waals surface area contributed by atoms with Gasteiger partial charge in [0.1, 0.15) is 12.4 Å². The average Bonchev–Trinajstić information content (AvgIpc) is 2.47. The quantitative estimate of drug-likeness (QED) is 0.629. The van der Waals surface area contributed by atoms with E-state index in [0.29, 0.717) is 13.2 Å². The molecule has 2 nitrogen and oxygen atoms in total. The monoisotopic (exact) mass is 251 g/mol. The number of terminal acetylenes is 1. The first kappa shape index (κ1) is 13.2. The molecule has 0 aromatic heterocycles. The predicted octanol–water partition coefficient (Wildman–Crippen LogP) is 2.99. The van der Waals surface area contributed by atoms with Crippen molar-refractivity contribution in [2.45, 2.75) is 13.2 Å². The highest BCUT2D eigenvalue weighted by Gasteiger charge is 1.98. The molecule has 2 aromatic carbocycles. The first-order valence-corrected chi connectivity index (χ1v) is 6.28. The van der Waals surface area contributed by atoms with Crippen LogP contribution in [-0.4, -0.2) is 6.54 Å². The molecular formula is C17H17NO. The smallest absolute Gasteiger partial charge is 0.120 e. The number of benzene rings is 2. The van der Waals surface area contributed by atoms with Crippen molar-refractivity contribution in [3.63, 3.8) is 0 Å². The molecule has 0 atom stereocenters. The highest BCUT2D eigenvalue weighted by Crippen LogP contribution is 2.15. The number of rotatable bonds is 6. The summed E-state index contributed by atoms with van der Waals surface area (Å²) in [5.41, 5.74) is 2.33. The van der Waals surface area contributed by atoms with Crippen LogP contribution in [-0.2, 0) is 13.2 Å². The maximum absolute atomic E-state index is 5.77. The lowest BCUT2D eigenvalue weighted by Crippen LogP contribution is -2.12. The summed E-state index contributed by atoms with van der Waals surface area (Å²) in [5, 5.41) is 3.16. The fourth-order valence-electron chi connectivity index (χ4n) is 1.77. The van der Waals surface area contributed by atoms with Gasteiger partial charge in [-0.15, -0.1) is 6.42 Å². The second-order valence-electron chi connectivity index (χ2n) is 4.23. The van der Waals surface area contributed by atoms with E-state index >= 15 is 0 Å². The van der Waals surface area contributed by atoms with Crippen molar-refractivity contribution in [2.24, 2.45) is 0 Å². The number of nitrogens with one attached hydrogen (secondary N) is 1. The molecule has 0 heterocycles. The van der Waals surface area contributed by atoms with Gasteiger partial charge in [0.05, 0.1) is 6.54 Å². The zero-order chi connectivity index (χ0) is 13.3. The number of ether oxygens (including phenoxy) is 1. The number of hydrogen-bond donors (Lipinski definition) is 1. The van der Waals surface area contributed by atoms with Gasteiger partial charge in [-0.1, -0.05) is 48.4 Å². The molecule has 0 unspecified atom stereocenters. The second kappa shape index (κ2) is 7.25. The zero-order valence-electron chi connectivity index (χ0n) is 10.8. The topological polar surface area (TPSA) is 21.3 Å². The molecule has 0 saturated heterocycles. The summed E-state index contributed by atoms with van der Waals surface area (Å²) < 4.78 is 5.77. The van der Waals surface area contributed by atoms with Gasteiger partial charge >= 0.3 is 0 Å². The molecule has 0 aliphatic heterocycles. The van der Waals surface area contributed by atoms with Crippen LogP contribution < -0.4 is 10.1 Å². The van der Waals surface area contributed by atoms with Crippen molar-refractivity contribution in [2.75, 3.05) is 6.54 Å². The van der Waals surface area contributed by atoms with E-state index in [1.165, 1.54) is 11.1 Å². The Morgan fingerprint density at radius 1 is 1.00 bits per heavy atom. The van der Waals surface area contributed by atoms with E-state index in [1.54, 1.807) is 0 Å². The third-order valence-electron chi connectivity index (χ3n) is 2.70. The zero-order valence-corrected chi connectivity index (χ0v) is 10.8. The molecule has 96 valence electrons. The molecule has 0 fully saturated rings. The summed E-state index contributed by atoms with van der Waals surface area (Å²) in [6.45, 7) is 1.92. The van der Waals surface area contributed by atoms with Crippen LogP contribution in [0.5, 0.6) is 5.75 Å². The minimum atomic E-state index is 0.578. The summed E-state index contributed by atoms with van der Waals surface area (Å²) in [5.74, 6) is 3.44. The van der Waals surface area contributed by atoms with E-state index in [1.807, 2.05) is 36.4 Å². The molecule has 2 heteroatoms. The Balaban J connectivity index is 1.90. The Labute approximate surface area is 114 Å². The summed E-state index contributed by atoms with van der Waals surface area (Å²) in [4.78, 5) is 0. The standard InChI is InChI=1S/C17H17NO/c1-2-11-18-13-16-9-6-10-17(12-16)19-14-15-7-4-3-5-8-15/h1,3-10,12,18H,11,13-14H2. The van der Waals surface area contributed by atoms with E-state index in [2.05, 4.69) is 29.4 Å². The van der Waals surface area contributed by atoms with Crippen LogP contribution >= 0.6 is 0 Å². The van der Waals surface area contributed by atoms with E-state index in [-0.39, 0.29) is 0 Å². The Kier molecular flexibility index (Phi) is 5.04. The van der Waals surface area contributed by atoms with E-state index < -0.39 is 0 Å². The minimum absolute atomic E-state index is 0.578. The van der Waals surface area contributed by atoms with Gasteiger partial charge in [0, 0.05) is 6.54 Å². The van der Waals surface area contributed by atoms with Gasteiger partial charge in [-0.3, -0.25) is 0 Å². The highest BCUT2D eigenvalue weighted by molar-refractivity contribution is 5.29. The van der Waals surface area contributed by atoms with Gasteiger partial charge in [0.15, 0.2) is 0 Å². The lowest BCUT2D eigenvalue weighted by atomic mass is 10.2. The van der Waals surface area contributed by atoms with E-state index in [9.17, 15) is 0 Å². The Hall–Kier alpha value is -2.24. The van der Waals surface area contributed by atoms with Crippen LogP contribution in [0.4, 0.5) is 0 Å². The van der Waals surface area contributed by atoms with Crippen LogP contribution in [0.15, 0.2) is 54.6 Å². The second-order valence-corrected chi connectivity index (χ2v) is 4.23. The van der Waals surface area contributed by atoms with Crippen molar-refractivity contribution < 1.29 is 4.74 Å². The van der Waals surface area contributed by atoms with Crippen molar-refractivity contribution in [1.82, 2.24) is 5.32 Å². The Bertz CT molecular complexity index is 543. The third-order valence-corrected chi connectivity index (χ3v) is 2.70. The first-order valence-electron chi connectivity index (χ1n) is 6.28.